The smallest absolute Gasteiger partial charge is 0.276 e. The fourth-order valence-electron chi connectivity index (χ4n) is 3.40. The van der Waals surface area contributed by atoms with Crippen molar-refractivity contribution in [2.24, 2.45) is 5.10 Å². The molecule has 33 heavy (non-hydrogen) atoms. The Morgan fingerprint density at radius 2 is 1.97 bits per heavy atom. The summed E-state index contributed by atoms with van der Waals surface area (Å²) in [5.41, 5.74) is 4.13. The number of amidine groups is 1. The molecule has 172 valence electrons. The van der Waals surface area contributed by atoms with Crippen molar-refractivity contribution in [1.82, 2.24) is 15.6 Å². The summed E-state index contributed by atoms with van der Waals surface area (Å²) in [6.07, 6.45) is 2.55. The fraction of sp³-hybridized carbons (Fsp3) is 0.227. The normalized spacial score (nSPS) is 16.8. The molecule has 0 spiro atoms. The lowest BCUT2D eigenvalue weighted by atomic mass is 10.2. The molecule has 2 heterocycles. The van der Waals surface area contributed by atoms with E-state index in [1.165, 1.54) is 40.9 Å². The van der Waals surface area contributed by atoms with Crippen LogP contribution in [-0.2, 0) is 16.1 Å². The molecule has 2 aromatic rings. The van der Waals surface area contributed by atoms with E-state index in [-0.39, 0.29) is 29.9 Å². The zero-order valence-electron chi connectivity index (χ0n) is 17.9. The number of hydrogen-bond acceptors (Lipinski definition) is 8. The van der Waals surface area contributed by atoms with Crippen LogP contribution >= 0.6 is 11.8 Å². The second-order valence-corrected chi connectivity index (χ2v) is 7.98. The monoisotopic (exact) mass is 471 g/mol. The van der Waals surface area contributed by atoms with E-state index in [2.05, 4.69) is 15.8 Å². The Balaban J connectivity index is 1.33. The van der Waals surface area contributed by atoms with Gasteiger partial charge in [-0.1, -0.05) is 23.9 Å². The third kappa shape index (κ3) is 4.72. The number of para-hydroxylation sites is 1. The zero-order chi connectivity index (χ0) is 23.4. The number of carbonyl (C=O) groups excluding carboxylic acids is 2. The highest BCUT2D eigenvalue weighted by molar-refractivity contribution is 8.14. The van der Waals surface area contributed by atoms with Crippen molar-refractivity contribution in [1.29, 1.82) is 0 Å². The van der Waals surface area contributed by atoms with Crippen molar-refractivity contribution in [3.63, 3.8) is 0 Å². The SMILES string of the molecule is COc1cccc(CNC(=O)CSC2=NNC3C(=O)N(c4ccc(F)cc4)C=CN23)c1OC. The van der Waals surface area contributed by atoms with E-state index < -0.39 is 6.17 Å². The van der Waals surface area contributed by atoms with E-state index in [0.717, 1.165) is 5.56 Å². The molecule has 0 aliphatic carbocycles. The van der Waals surface area contributed by atoms with E-state index in [9.17, 15) is 14.0 Å². The van der Waals surface area contributed by atoms with Crippen molar-refractivity contribution in [2.75, 3.05) is 24.9 Å². The predicted molar refractivity (Wildman–Crippen MR) is 123 cm³/mol. The molecule has 2 aliphatic rings. The highest BCUT2D eigenvalue weighted by Gasteiger charge is 2.38. The van der Waals surface area contributed by atoms with Gasteiger partial charge in [0.05, 0.1) is 20.0 Å². The van der Waals surface area contributed by atoms with Gasteiger partial charge in [0.25, 0.3) is 5.91 Å². The van der Waals surface area contributed by atoms with Gasteiger partial charge in [-0.05, 0) is 30.3 Å². The molecular weight excluding hydrogens is 449 g/mol. The van der Waals surface area contributed by atoms with Crippen molar-refractivity contribution in [3.05, 3.63) is 66.2 Å². The number of anilines is 1. The number of amides is 2. The van der Waals surface area contributed by atoms with E-state index in [1.807, 2.05) is 12.1 Å². The van der Waals surface area contributed by atoms with Gasteiger partial charge in [-0.25, -0.2) is 4.39 Å². The highest BCUT2D eigenvalue weighted by atomic mass is 32.2. The molecule has 0 radical (unpaired) electrons. The number of halogens is 1. The van der Waals surface area contributed by atoms with Crippen molar-refractivity contribution in [3.8, 4) is 11.5 Å². The van der Waals surface area contributed by atoms with Gasteiger partial charge in [0, 0.05) is 30.2 Å². The van der Waals surface area contributed by atoms with Crippen LogP contribution in [0.15, 0.2) is 60.0 Å². The highest BCUT2D eigenvalue weighted by Crippen LogP contribution is 2.30. The lowest BCUT2D eigenvalue weighted by molar-refractivity contribution is -0.122. The summed E-state index contributed by atoms with van der Waals surface area (Å²) in [5.74, 6) is 0.432. The van der Waals surface area contributed by atoms with Crippen LogP contribution in [0.2, 0.25) is 0 Å². The number of benzene rings is 2. The lowest BCUT2D eigenvalue weighted by Crippen LogP contribution is -2.52. The fourth-order valence-corrected chi connectivity index (χ4v) is 4.20. The Bertz CT molecular complexity index is 1110. The number of thioether (sulfide) groups is 1. The molecule has 2 N–H and O–H groups in total. The van der Waals surface area contributed by atoms with Gasteiger partial charge >= 0.3 is 0 Å². The molecule has 2 aromatic carbocycles. The van der Waals surface area contributed by atoms with Crippen LogP contribution in [0.5, 0.6) is 11.5 Å². The van der Waals surface area contributed by atoms with Crippen LogP contribution < -0.4 is 25.1 Å². The number of hydrazone groups is 1. The number of ether oxygens (including phenoxy) is 2. The minimum atomic E-state index is -0.730. The molecule has 0 bridgehead atoms. The molecule has 0 fully saturated rings. The van der Waals surface area contributed by atoms with Gasteiger partial charge in [-0.15, -0.1) is 0 Å². The summed E-state index contributed by atoms with van der Waals surface area (Å²) < 4.78 is 23.8. The summed E-state index contributed by atoms with van der Waals surface area (Å²) in [4.78, 5) is 28.3. The number of hydrogen-bond donors (Lipinski definition) is 2. The van der Waals surface area contributed by atoms with E-state index >= 15 is 0 Å². The standard InChI is InChI=1S/C22H22FN5O4S/c1-31-17-5-3-4-14(19(17)32-2)12-24-18(29)13-33-22-26-25-20-21(30)27(10-11-28(20)22)16-8-6-15(23)7-9-16/h3-11,20,25H,12-13H2,1-2H3,(H,24,29). The van der Waals surface area contributed by atoms with Gasteiger partial charge in [-0.2, -0.15) is 5.10 Å². The van der Waals surface area contributed by atoms with Crippen LogP contribution in [0.1, 0.15) is 5.56 Å². The van der Waals surface area contributed by atoms with Crippen LogP contribution in [-0.4, -0.2) is 48.0 Å². The molecule has 2 amide bonds. The molecular formula is C22H22FN5O4S. The zero-order valence-corrected chi connectivity index (χ0v) is 18.8. The van der Waals surface area contributed by atoms with Crippen LogP contribution in [0.3, 0.4) is 0 Å². The van der Waals surface area contributed by atoms with Gasteiger partial charge in [-0.3, -0.25) is 24.8 Å². The minimum Gasteiger partial charge on any atom is -0.493 e. The summed E-state index contributed by atoms with van der Waals surface area (Å²) >= 11 is 1.21. The molecule has 4 rings (SSSR count). The first-order valence-corrected chi connectivity index (χ1v) is 11.0. The second kappa shape index (κ2) is 9.82. The minimum absolute atomic E-state index is 0.111. The molecule has 0 saturated heterocycles. The molecule has 2 aliphatic heterocycles. The van der Waals surface area contributed by atoms with Crippen molar-refractivity contribution >= 4 is 34.4 Å². The number of rotatable bonds is 7. The topological polar surface area (TPSA) is 95.5 Å². The molecule has 1 unspecified atom stereocenters. The Morgan fingerprint density at radius 1 is 1.18 bits per heavy atom. The van der Waals surface area contributed by atoms with Gasteiger partial charge in [0.2, 0.25) is 12.1 Å². The number of methoxy groups -OCH3 is 2. The number of nitrogens with one attached hydrogen (secondary N) is 2. The predicted octanol–water partition coefficient (Wildman–Crippen LogP) is 2.21. The maximum absolute atomic E-state index is 13.2. The van der Waals surface area contributed by atoms with Gasteiger partial charge < -0.3 is 14.8 Å². The van der Waals surface area contributed by atoms with Crippen molar-refractivity contribution in [2.45, 2.75) is 12.7 Å². The first-order chi connectivity index (χ1) is 16.0. The average Bonchev–Trinajstić information content (AvgIpc) is 3.26. The van der Waals surface area contributed by atoms with E-state index in [1.54, 1.807) is 37.6 Å². The quantitative estimate of drug-likeness (QED) is 0.639. The van der Waals surface area contributed by atoms with Gasteiger partial charge in [0.1, 0.15) is 5.82 Å². The Labute approximate surface area is 194 Å². The lowest BCUT2D eigenvalue weighted by Gasteiger charge is -2.31. The maximum atomic E-state index is 13.2. The first kappa shape index (κ1) is 22.5. The summed E-state index contributed by atoms with van der Waals surface area (Å²) in [7, 11) is 3.10. The largest absolute Gasteiger partial charge is 0.493 e. The van der Waals surface area contributed by atoms with Gasteiger partial charge in [0.15, 0.2) is 16.7 Å². The molecule has 1 atom stereocenters. The summed E-state index contributed by atoms with van der Waals surface area (Å²) in [6.45, 7) is 0.280. The van der Waals surface area contributed by atoms with E-state index in [4.69, 9.17) is 9.47 Å². The van der Waals surface area contributed by atoms with Crippen LogP contribution in [0.4, 0.5) is 10.1 Å². The molecule has 0 aromatic heterocycles. The Kier molecular flexibility index (Phi) is 6.68. The summed E-state index contributed by atoms with van der Waals surface area (Å²) in [6, 6.07) is 11.1. The van der Waals surface area contributed by atoms with Crippen LogP contribution in [0.25, 0.3) is 0 Å². The Morgan fingerprint density at radius 3 is 2.70 bits per heavy atom. The second-order valence-electron chi connectivity index (χ2n) is 7.03. The molecule has 9 nitrogen and oxygen atoms in total. The molecule has 11 heteroatoms. The number of carbonyl (C=O) groups is 2. The summed E-state index contributed by atoms with van der Waals surface area (Å²) in [5, 5.41) is 7.54. The third-order valence-corrected chi connectivity index (χ3v) is 5.99. The van der Waals surface area contributed by atoms with Crippen LogP contribution in [0, 0.1) is 5.82 Å². The number of nitrogens with zero attached hydrogens (tertiary/aromatic N) is 3. The van der Waals surface area contributed by atoms with E-state index in [0.29, 0.717) is 22.4 Å². The first-order valence-electron chi connectivity index (χ1n) is 9.99. The Hall–Kier alpha value is -3.73. The third-order valence-electron chi connectivity index (χ3n) is 5.03. The average molecular weight is 472 g/mol. The molecule has 0 saturated carbocycles. The van der Waals surface area contributed by atoms with Crippen molar-refractivity contribution < 1.29 is 23.5 Å². The maximum Gasteiger partial charge on any atom is 0.276 e. The number of fused-ring (bicyclic) bond motifs is 1.